The van der Waals surface area contributed by atoms with Gasteiger partial charge in [-0.2, -0.15) is 5.10 Å². The molecule has 3 N–H and O–H groups in total. The van der Waals surface area contributed by atoms with E-state index in [0.29, 0.717) is 11.6 Å². The van der Waals surface area contributed by atoms with E-state index in [1.54, 1.807) is 13.3 Å². The van der Waals surface area contributed by atoms with Crippen LogP contribution < -0.4 is 11.1 Å². The summed E-state index contributed by atoms with van der Waals surface area (Å²) in [6.07, 6.45) is 3.72. The summed E-state index contributed by atoms with van der Waals surface area (Å²) in [6.45, 7) is 3.36. The largest absolute Gasteiger partial charge is 0.389 e. The van der Waals surface area contributed by atoms with Crippen LogP contribution >= 0.6 is 12.2 Å². The number of aryl methyl sites for hydroxylation is 1. The first-order valence-electron chi connectivity index (χ1n) is 6.29. The zero-order valence-electron chi connectivity index (χ0n) is 11.6. The fourth-order valence-corrected chi connectivity index (χ4v) is 2.15. The number of nitrogens with two attached hydrogens (primary N) is 1. The molecule has 2 aromatic rings. The number of nitrogens with one attached hydrogen (secondary N) is 1. The molecule has 0 amide bonds. The molecule has 0 bridgehead atoms. The number of hydrogen-bond donors (Lipinski definition) is 2. The number of ether oxygens (including phenoxy) is 1. The van der Waals surface area contributed by atoms with Gasteiger partial charge in [-0.3, -0.25) is 4.68 Å². The molecule has 1 heterocycles. The van der Waals surface area contributed by atoms with Crippen molar-refractivity contribution in [3.63, 3.8) is 0 Å². The Balaban J connectivity index is 2.08. The molecule has 106 valence electrons. The van der Waals surface area contributed by atoms with Crippen LogP contribution in [0.1, 0.15) is 11.1 Å². The number of aromatic nitrogens is 2. The van der Waals surface area contributed by atoms with E-state index >= 15 is 0 Å². The van der Waals surface area contributed by atoms with Crippen molar-refractivity contribution >= 4 is 28.6 Å². The van der Waals surface area contributed by atoms with Crippen LogP contribution in [0.5, 0.6) is 0 Å². The van der Waals surface area contributed by atoms with E-state index < -0.39 is 0 Å². The fraction of sp³-hybridized carbons (Fsp3) is 0.286. The van der Waals surface area contributed by atoms with Gasteiger partial charge in [-0.05, 0) is 30.7 Å². The lowest BCUT2D eigenvalue weighted by Gasteiger charge is -2.08. The molecular formula is C14H18N4OS. The van der Waals surface area contributed by atoms with E-state index in [2.05, 4.69) is 10.4 Å². The third-order valence-corrected chi connectivity index (χ3v) is 3.16. The first-order chi connectivity index (χ1) is 9.60. The minimum absolute atomic E-state index is 0.418. The molecule has 0 saturated heterocycles. The molecule has 0 fully saturated rings. The van der Waals surface area contributed by atoms with Crippen molar-refractivity contribution in [3.05, 3.63) is 41.7 Å². The first-order valence-corrected chi connectivity index (χ1v) is 6.70. The quantitative estimate of drug-likeness (QED) is 0.799. The van der Waals surface area contributed by atoms with Gasteiger partial charge in [0.15, 0.2) is 0 Å². The highest BCUT2D eigenvalue weighted by Gasteiger charge is 2.04. The second kappa shape index (κ2) is 6.49. The molecule has 0 unspecified atom stereocenters. The van der Waals surface area contributed by atoms with Crippen molar-refractivity contribution in [2.75, 3.05) is 19.0 Å². The van der Waals surface area contributed by atoms with Crippen LogP contribution in [0.3, 0.4) is 0 Å². The van der Waals surface area contributed by atoms with Crippen molar-refractivity contribution in [1.29, 1.82) is 0 Å². The summed E-state index contributed by atoms with van der Waals surface area (Å²) in [5.41, 5.74) is 9.52. The molecule has 6 heteroatoms. The molecule has 1 aromatic carbocycles. The van der Waals surface area contributed by atoms with Gasteiger partial charge < -0.3 is 15.8 Å². The van der Waals surface area contributed by atoms with Crippen molar-refractivity contribution < 1.29 is 4.74 Å². The van der Waals surface area contributed by atoms with Crippen LogP contribution in [-0.2, 0) is 11.3 Å². The standard InChI is InChI=1S/C14H18N4OS/c1-10-7-11(3-4-13(10)14(15)20)17-12-8-16-18(9-12)5-6-19-2/h3-4,7-9,17H,5-6H2,1-2H3,(H2,15,20). The van der Waals surface area contributed by atoms with Gasteiger partial charge >= 0.3 is 0 Å². The molecule has 0 radical (unpaired) electrons. The molecule has 1 aromatic heterocycles. The Labute approximate surface area is 123 Å². The number of anilines is 2. The third-order valence-electron chi connectivity index (χ3n) is 2.94. The molecule has 0 aliphatic rings. The lowest BCUT2D eigenvalue weighted by molar-refractivity contribution is 0.183. The monoisotopic (exact) mass is 290 g/mol. The third kappa shape index (κ3) is 3.55. The summed E-state index contributed by atoms with van der Waals surface area (Å²) in [6, 6.07) is 5.89. The Hall–Kier alpha value is -1.92. The van der Waals surface area contributed by atoms with Gasteiger partial charge in [-0.1, -0.05) is 12.2 Å². The summed E-state index contributed by atoms with van der Waals surface area (Å²) in [5, 5.41) is 7.55. The molecule has 5 nitrogen and oxygen atoms in total. The summed E-state index contributed by atoms with van der Waals surface area (Å²) >= 11 is 5.00. The number of benzene rings is 1. The van der Waals surface area contributed by atoms with Gasteiger partial charge in [-0.25, -0.2) is 0 Å². The maximum Gasteiger partial charge on any atom is 0.104 e. The van der Waals surface area contributed by atoms with Crippen molar-refractivity contribution in [3.8, 4) is 0 Å². The average Bonchev–Trinajstić information content (AvgIpc) is 2.83. The summed E-state index contributed by atoms with van der Waals surface area (Å²) in [7, 11) is 1.68. The highest BCUT2D eigenvalue weighted by Crippen LogP contribution is 2.19. The minimum atomic E-state index is 0.418. The first kappa shape index (κ1) is 14.5. The number of methoxy groups -OCH3 is 1. The van der Waals surface area contributed by atoms with E-state index in [4.69, 9.17) is 22.7 Å². The predicted molar refractivity (Wildman–Crippen MR) is 84.5 cm³/mol. The number of rotatable bonds is 6. The summed E-state index contributed by atoms with van der Waals surface area (Å²) in [4.78, 5) is 0.418. The summed E-state index contributed by atoms with van der Waals surface area (Å²) < 4.78 is 6.85. The van der Waals surface area contributed by atoms with E-state index in [-0.39, 0.29) is 0 Å². The highest BCUT2D eigenvalue weighted by atomic mass is 32.1. The van der Waals surface area contributed by atoms with E-state index in [0.717, 1.165) is 29.0 Å². The zero-order valence-corrected chi connectivity index (χ0v) is 12.4. The molecular weight excluding hydrogens is 272 g/mol. The van der Waals surface area contributed by atoms with Crippen LogP contribution in [0, 0.1) is 6.92 Å². The zero-order chi connectivity index (χ0) is 14.5. The Morgan fingerprint density at radius 3 is 2.90 bits per heavy atom. The molecule has 0 aliphatic carbocycles. The Morgan fingerprint density at radius 1 is 1.45 bits per heavy atom. The van der Waals surface area contributed by atoms with Crippen molar-refractivity contribution in [2.24, 2.45) is 5.73 Å². The van der Waals surface area contributed by atoms with Gasteiger partial charge in [0.2, 0.25) is 0 Å². The normalized spacial score (nSPS) is 10.5. The van der Waals surface area contributed by atoms with Gasteiger partial charge in [-0.15, -0.1) is 0 Å². The number of hydrogen-bond acceptors (Lipinski definition) is 4. The van der Waals surface area contributed by atoms with Gasteiger partial charge in [0.25, 0.3) is 0 Å². The average molecular weight is 290 g/mol. The van der Waals surface area contributed by atoms with E-state index in [1.165, 1.54) is 0 Å². The topological polar surface area (TPSA) is 65.1 Å². The molecule has 0 atom stereocenters. The molecule has 20 heavy (non-hydrogen) atoms. The summed E-state index contributed by atoms with van der Waals surface area (Å²) in [5.74, 6) is 0. The lowest BCUT2D eigenvalue weighted by Crippen LogP contribution is -2.11. The van der Waals surface area contributed by atoms with Crippen LogP contribution in [0.15, 0.2) is 30.6 Å². The second-order valence-corrected chi connectivity index (χ2v) is 4.94. The van der Waals surface area contributed by atoms with Gasteiger partial charge in [0.05, 0.1) is 25.0 Å². The number of thiocarbonyl (C=S) groups is 1. The number of nitrogens with zero attached hydrogens (tertiary/aromatic N) is 2. The van der Waals surface area contributed by atoms with Crippen molar-refractivity contribution in [1.82, 2.24) is 9.78 Å². The maximum absolute atomic E-state index is 5.65. The minimum Gasteiger partial charge on any atom is -0.389 e. The molecule has 0 spiro atoms. The van der Waals surface area contributed by atoms with Gasteiger partial charge in [0, 0.05) is 24.6 Å². The molecule has 0 aliphatic heterocycles. The Bertz CT molecular complexity index is 609. The second-order valence-electron chi connectivity index (χ2n) is 4.50. The van der Waals surface area contributed by atoms with Crippen LogP contribution in [0.2, 0.25) is 0 Å². The van der Waals surface area contributed by atoms with E-state index in [9.17, 15) is 0 Å². The predicted octanol–water partition coefficient (Wildman–Crippen LogP) is 2.22. The Morgan fingerprint density at radius 2 is 2.25 bits per heavy atom. The van der Waals surface area contributed by atoms with Crippen LogP contribution in [-0.4, -0.2) is 28.5 Å². The molecule has 2 rings (SSSR count). The smallest absolute Gasteiger partial charge is 0.104 e. The molecule has 0 saturated carbocycles. The maximum atomic E-state index is 5.65. The van der Waals surface area contributed by atoms with Crippen molar-refractivity contribution in [2.45, 2.75) is 13.5 Å². The SMILES string of the molecule is COCCn1cc(Nc2ccc(C(N)=S)c(C)c2)cn1. The van der Waals surface area contributed by atoms with Crippen LogP contribution in [0.4, 0.5) is 11.4 Å². The van der Waals surface area contributed by atoms with Crippen LogP contribution in [0.25, 0.3) is 0 Å². The highest BCUT2D eigenvalue weighted by molar-refractivity contribution is 7.80. The Kier molecular flexibility index (Phi) is 4.70. The lowest BCUT2D eigenvalue weighted by atomic mass is 10.1. The van der Waals surface area contributed by atoms with Gasteiger partial charge in [0.1, 0.15) is 4.99 Å². The fourth-order valence-electron chi connectivity index (χ4n) is 1.92. The van der Waals surface area contributed by atoms with E-state index in [1.807, 2.05) is 36.0 Å².